The Bertz CT molecular complexity index is 341. The van der Waals surface area contributed by atoms with Gasteiger partial charge in [0.25, 0.3) is 0 Å². The van der Waals surface area contributed by atoms with Crippen molar-refractivity contribution in [3.8, 4) is 0 Å². The highest BCUT2D eigenvalue weighted by Crippen LogP contribution is 2.25. The Balaban J connectivity index is 2.63. The zero-order chi connectivity index (χ0) is 12.0. The number of hydrogen-bond donors (Lipinski definition) is 0. The largest absolute Gasteiger partial charge is 0.468 e. The molecule has 0 bridgehead atoms. The molecular formula is C10H17N3O2S. The first-order valence-electron chi connectivity index (χ1n) is 5.27. The van der Waals surface area contributed by atoms with Crippen molar-refractivity contribution in [2.75, 3.05) is 7.11 Å². The molecule has 0 aromatic carbocycles. The number of esters is 1. The fraction of sp³-hybridized carbons (Fsp3) is 0.700. The average molecular weight is 243 g/mol. The molecule has 0 amide bonds. The van der Waals surface area contributed by atoms with Crippen LogP contribution in [0, 0.1) is 0 Å². The van der Waals surface area contributed by atoms with Crippen molar-refractivity contribution >= 4 is 17.7 Å². The monoisotopic (exact) mass is 243 g/mol. The van der Waals surface area contributed by atoms with E-state index >= 15 is 0 Å². The maximum atomic E-state index is 11.6. The molecule has 16 heavy (non-hydrogen) atoms. The summed E-state index contributed by atoms with van der Waals surface area (Å²) < 4.78 is 6.58. The summed E-state index contributed by atoms with van der Waals surface area (Å²) in [4.78, 5) is 11.6. The van der Waals surface area contributed by atoms with E-state index in [9.17, 15) is 4.79 Å². The summed E-state index contributed by atoms with van der Waals surface area (Å²) in [6.07, 6.45) is 4.49. The lowest BCUT2D eigenvalue weighted by Crippen LogP contribution is -2.19. The number of thioether (sulfide) groups is 1. The maximum Gasteiger partial charge on any atom is 0.319 e. The second-order valence-corrected chi connectivity index (χ2v) is 4.67. The van der Waals surface area contributed by atoms with Gasteiger partial charge in [-0.15, -0.1) is 10.2 Å². The lowest BCUT2D eigenvalue weighted by Gasteiger charge is -2.12. The van der Waals surface area contributed by atoms with Crippen LogP contribution in [0.15, 0.2) is 11.5 Å². The van der Waals surface area contributed by atoms with Crippen molar-refractivity contribution in [1.82, 2.24) is 14.8 Å². The van der Waals surface area contributed by atoms with Gasteiger partial charge in [-0.3, -0.25) is 4.79 Å². The van der Waals surface area contributed by atoms with E-state index in [-0.39, 0.29) is 11.2 Å². The zero-order valence-electron chi connectivity index (χ0n) is 9.84. The topological polar surface area (TPSA) is 57.0 Å². The molecule has 0 N–H and O–H groups in total. The first kappa shape index (κ1) is 13.0. The fourth-order valence-electron chi connectivity index (χ4n) is 1.25. The maximum absolute atomic E-state index is 11.6. The molecule has 0 aliphatic heterocycles. The molecule has 0 fully saturated rings. The number of ether oxygens (including phenoxy) is 1. The van der Waals surface area contributed by atoms with Gasteiger partial charge in [-0.1, -0.05) is 31.5 Å². The van der Waals surface area contributed by atoms with Gasteiger partial charge in [-0.25, -0.2) is 0 Å². The Morgan fingerprint density at radius 3 is 2.94 bits per heavy atom. The van der Waals surface area contributed by atoms with Gasteiger partial charge in [-0.2, -0.15) is 0 Å². The lowest BCUT2D eigenvalue weighted by molar-refractivity contribution is -0.140. The minimum absolute atomic E-state index is 0.187. The summed E-state index contributed by atoms with van der Waals surface area (Å²) in [6, 6.07) is 0. The average Bonchev–Trinajstić information content (AvgIpc) is 2.69. The molecule has 1 unspecified atom stereocenters. The molecule has 1 aromatic heterocycles. The van der Waals surface area contributed by atoms with E-state index in [4.69, 9.17) is 4.74 Å². The number of carbonyl (C=O) groups is 1. The number of carbonyl (C=O) groups excluding carboxylic acids is 1. The van der Waals surface area contributed by atoms with Crippen molar-refractivity contribution < 1.29 is 9.53 Å². The van der Waals surface area contributed by atoms with E-state index in [2.05, 4.69) is 17.1 Å². The number of aromatic nitrogens is 3. The third-order valence-electron chi connectivity index (χ3n) is 2.20. The van der Waals surface area contributed by atoms with Crippen molar-refractivity contribution in [3.63, 3.8) is 0 Å². The molecule has 1 heterocycles. The van der Waals surface area contributed by atoms with E-state index in [1.165, 1.54) is 18.9 Å². The van der Waals surface area contributed by atoms with Gasteiger partial charge in [0.05, 0.1) is 7.11 Å². The molecule has 1 atom stereocenters. The third-order valence-corrected chi connectivity index (χ3v) is 3.49. The van der Waals surface area contributed by atoms with Crippen molar-refractivity contribution in [2.24, 2.45) is 7.05 Å². The second kappa shape index (κ2) is 6.52. The summed E-state index contributed by atoms with van der Waals surface area (Å²) in [6.45, 7) is 2.10. The summed E-state index contributed by atoms with van der Waals surface area (Å²) in [7, 11) is 3.27. The molecule has 0 spiro atoms. The predicted molar refractivity (Wildman–Crippen MR) is 62.2 cm³/mol. The number of aryl methyl sites for hydroxylation is 1. The van der Waals surface area contributed by atoms with Gasteiger partial charge in [0.15, 0.2) is 5.16 Å². The van der Waals surface area contributed by atoms with Crippen LogP contribution < -0.4 is 0 Å². The second-order valence-electron chi connectivity index (χ2n) is 3.50. The molecule has 5 nitrogen and oxygen atoms in total. The molecule has 1 aromatic rings. The smallest absolute Gasteiger partial charge is 0.319 e. The van der Waals surface area contributed by atoms with Gasteiger partial charge in [0.1, 0.15) is 11.6 Å². The van der Waals surface area contributed by atoms with Crippen LogP contribution in [0.25, 0.3) is 0 Å². The minimum Gasteiger partial charge on any atom is -0.468 e. The van der Waals surface area contributed by atoms with Gasteiger partial charge in [-0.05, 0) is 6.42 Å². The Morgan fingerprint density at radius 1 is 1.69 bits per heavy atom. The number of hydrogen-bond acceptors (Lipinski definition) is 5. The third kappa shape index (κ3) is 3.52. The minimum atomic E-state index is -0.193. The van der Waals surface area contributed by atoms with Crippen molar-refractivity contribution in [1.29, 1.82) is 0 Å². The van der Waals surface area contributed by atoms with Crippen LogP contribution in [0.2, 0.25) is 0 Å². The number of rotatable bonds is 6. The highest BCUT2D eigenvalue weighted by molar-refractivity contribution is 8.00. The normalized spacial score (nSPS) is 12.4. The van der Waals surface area contributed by atoms with Crippen LogP contribution in [-0.2, 0) is 16.6 Å². The SMILES string of the molecule is CCCCC(Sc1nncn1C)C(=O)OC. The Hall–Kier alpha value is -1.04. The Kier molecular flexibility index (Phi) is 5.31. The van der Waals surface area contributed by atoms with Gasteiger partial charge in [0.2, 0.25) is 0 Å². The number of unbranched alkanes of at least 4 members (excludes halogenated alkanes) is 1. The lowest BCUT2D eigenvalue weighted by atomic mass is 10.2. The van der Waals surface area contributed by atoms with E-state index < -0.39 is 0 Å². The summed E-state index contributed by atoms with van der Waals surface area (Å²) >= 11 is 1.41. The van der Waals surface area contributed by atoms with E-state index in [0.717, 1.165) is 24.4 Å². The van der Waals surface area contributed by atoms with E-state index in [1.807, 2.05) is 7.05 Å². The molecule has 1 rings (SSSR count). The van der Waals surface area contributed by atoms with Gasteiger partial charge < -0.3 is 9.30 Å². The molecular weight excluding hydrogens is 226 g/mol. The van der Waals surface area contributed by atoms with Crippen LogP contribution in [0.5, 0.6) is 0 Å². The van der Waals surface area contributed by atoms with E-state index in [1.54, 1.807) is 10.9 Å². The van der Waals surface area contributed by atoms with Crippen molar-refractivity contribution in [3.05, 3.63) is 6.33 Å². The Labute approximate surface area is 99.6 Å². The van der Waals surface area contributed by atoms with E-state index in [0.29, 0.717) is 0 Å². The summed E-state index contributed by atoms with van der Waals surface area (Å²) in [5.41, 5.74) is 0. The predicted octanol–water partition coefficient (Wildman–Crippen LogP) is 1.64. The number of nitrogens with zero attached hydrogens (tertiary/aromatic N) is 3. The number of methoxy groups -OCH3 is 1. The van der Waals surface area contributed by atoms with Gasteiger partial charge >= 0.3 is 5.97 Å². The highest BCUT2D eigenvalue weighted by Gasteiger charge is 2.22. The molecule has 0 saturated heterocycles. The molecule has 90 valence electrons. The molecule has 0 aliphatic rings. The van der Waals surface area contributed by atoms with Crippen LogP contribution in [-0.4, -0.2) is 33.1 Å². The first-order valence-corrected chi connectivity index (χ1v) is 6.15. The van der Waals surface area contributed by atoms with Gasteiger partial charge in [0, 0.05) is 7.05 Å². The molecule has 0 saturated carbocycles. The van der Waals surface area contributed by atoms with Crippen LogP contribution in [0.3, 0.4) is 0 Å². The first-order chi connectivity index (χ1) is 7.69. The molecule has 6 heteroatoms. The zero-order valence-corrected chi connectivity index (χ0v) is 10.7. The fourth-order valence-corrected chi connectivity index (χ4v) is 2.29. The van der Waals surface area contributed by atoms with Crippen LogP contribution >= 0.6 is 11.8 Å². The molecule has 0 aliphatic carbocycles. The summed E-state index contributed by atoms with van der Waals surface area (Å²) in [5.74, 6) is -0.193. The highest BCUT2D eigenvalue weighted by atomic mass is 32.2. The standard InChI is InChI=1S/C10H17N3O2S/c1-4-5-6-8(9(14)15-3)16-10-12-11-7-13(10)2/h7-8H,4-6H2,1-3H3. The van der Waals surface area contributed by atoms with Crippen LogP contribution in [0.1, 0.15) is 26.2 Å². The quantitative estimate of drug-likeness (QED) is 0.561. The van der Waals surface area contributed by atoms with Crippen molar-refractivity contribution in [2.45, 2.75) is 36.6 Å². The molecule has 0 radical (unpaired) electrons. The van der Waals surface area contributed by atoms with Crippen LogP contribution in [0.4, 0.5) is 0 Å². The Morgan fingerprint density at radius 2 is 2.44 bits per heavy atom. The summed E-state index contributed by atoms with van der Waals surface area (Å²) in [5, 5.41) is 8.28.